The van der Waals surface area contributed by atoms with Crippen LogP contribution in [0.2, 0.25) is 0 Å². The summed E-state index contributed by atoms with van der Waals surface area (Å²) in [4.78, 5) is 22.2. The van der Waals surface area contributed by atoms with Crippen molar-refractivity contribution >= 4 is 11.9 Å². The Balaban J connectivity index is 3.07. The number of rotatable bonds is 32. The van der Waals surface area contributed by atoms with Gasteiger partial charge in [0.05, 0.1) is 145 Å². The van der Waals surface area contributed by atoms with Gasteiger partial charge < -0.3 is 52.1 Å². The SMILES string of the molecule is CCOC(=O)CCOCCOCCOCCOCCOCCOCCOCCOCCOCCC(=O)OCC. The number of ether oxygens (including phenoxy) is 11. The van der Waals surface area contributed by atoms with Crippen LogP contribution in [0.15, 0.2) is 0 Å². The minimum Gasteiger partial charge on any atom is -0.466 e. The van der Waals surface area contributed by atoms with Gasteiger partial charge in [0.25, 0.3) is 0 Å². The zero-order valence-corrected chi connectivity index (χ0v) is 23.9. The van der Waals surface area contributed by atoms with Gasteiger partial charge in [0, 0.05) is 0 Å². The first kappa shape index (κ1) is 37.6. The third-order valence-electron chi connectivity index (χ3n) is 4.49. The lowest BCUT2D eigenvalue weighted by Crippen LogP contribution is -2.15. The maximum absolute atomic E-state index is 11.1. The van der Waals surface area contributed by atoms with Gasteiger partial charge in [-0.2, -0.15) is 0 Å². The van der Waals surface area contributed by atoms with E-state index in [-0.39, 0.29) is 24.8 Å². The molecule has 0 rings (SSSR count). The lowest BCUT2D eigenvalue weighted by molar-refractivity contribution is -0.145. The molecule has 0 aromatic carbocycles. The summed E-state index contributed by atoms with van der Waals surface area (Å²) in [7, 11) is 0. The van der Waals surface area contributed by atoms with E-state index in [1.807, 2.05) is 0 Å². The summed E-state index contributed by atoms with van der Waals surface area (Å²) in [6.07, 6.45) is 0.509. The Morgan fingerprint density at radius 2 is 0.513 bits per heavy atom. The Morgan fingerprint density at radius 3 is 0.692 bits per heavy atom. The van der Waals surface area contributed by atoms with Gasteiger partial charge in [-0.1, -0.05) is 0 Å². The predicted molar refractivity (Wildman–Crippen MR) is 140 cm³/mol. The van der Waals surface area contributed by atoms with Crippen LogP contribution >= 0.6 is 0 Å². The van der Waals surface area contributed by atoms with Gasteiger partial charge in [0.15, 0.2) is 0 Å². The van der Waals surface area contributed by atoms with Crippen LogP contribution in [0.25, 0.3) is 0 Å². The second kappa shape index (κ2) is 32.8. The highest BCUT2D eigenvalue weighted by molar-refractivity contribution is 5.69. The fourth-order valence-electron chi connectivity index (χ4n) is 2.64. The highest BCUT2D eigenvalue weighted by Crippen LogP contribution is 1.90. The van der Waals surface area contributed by atoms with Crippen molar-refractivity contribution < 1.29 is 61.7 Å². The molecule has 0 saturated heterocycles. The van der Waals surface area contributed by atoms with E-state index in [9.17, 15) is 9.59 Å². The van der Waals surface area contributed by atoms with Crippen LogP contribution in [-0.4, -0.2) is 144 Å². The van der Waals surface area contributed by atoms with Crippen LogP contribution < -0.4 is 0 Å². The fourth-order valence-corrected chi connectivity index (χ4v) is 2.64. The van der Waals surface area contributed by atoms with Crippen molar-refractivity contribution in [3.8, 4) is 0 Å². The van der Waals surface area contributed by atoms with Crippen molar-refractivity contribution in [2.75, 3.05) is 132 Å². The maximum atomic E-state index is 11.1. The van der Waals surface area contributed by atoms with Crippen molar-refractivity contribution in [2.45, 2.75) is 26.7 Å². The molecule has 0 radical (unpaired) electrons. The molecule has 0 atom stereocenters. The van der Waals surface area contributed by atoms with E-state index in [1.165, 1.54) is 0 Å². The molecule has 0 bridgehead atoms. The van der Waals surface area contributed by atoms with Gasteiger partial charge in [-0.3, -0.25) is 9.59 Å². The molecule has 13 nitrogen and oxygen atoms in total. The molecule has 0 N–H and O–H groups in total. The van der Waals surface area contributed by atoms with Gasteiger partial charge in [-0.25, -0.2) is 0 Å². The molecule has 0 unspecified atom stereocenters. The van der Waals surface area contributed by atoms with Crippen LogP contribution in [0.1, 0.15) is 26.7 Å². The summed E-state index contributed by atoms with van der Waals surface area (Å²) in [6.45, 7) is 12.5. The molecule has 0 heterocycles. The van der Waals surface area contributed by atoms with Crippen molar-refractivity contribution in [1.29, 1.82) is 0 Å². The van der Waals surface area contributed by atoms with Crippen LogP contribution in [-0.2, 0) is 61.7 Å². The largest absolute Gasteiger partial charge is 0.466 e. The summed E-state index contributed by atoms with van der Waals surface area (Å²) in [5.41, 5.74) is 0. The van der Waals surface area contributed by atoms with E-state index < -0.39 is 0 Å². The topological polar surface area (TPSA) is 136 Å². The lowest BCUT2D eigenvalue weighted by Gasteiger charge is -2.09. The molecule has 13 heteroatoms. The molecule has 0 spiro atoms. The fraction of sp³-hybridized carbons (Fsp3) is 0.923. The van der Waals surface area contributed by atoms with E-state index in [0.29, 0.717) is 132 Å². The van der Waals surface area contributed by atoms with Crippen LogP contribution in [0.4, 0.5) is 0 Å². The average Bonchev–Trinajstić information content (AvgIpc) is 2.92. The molecule has 0 fully saturated rings. The van der Waals surface area contributed by atoms with Gasteiger partial charge in [-0.15, -0.1) is 0 Å². The summed E-state index contributed by atoms with van der Waals surface area (Å²) in [5, 5.41) is 0. The van der Waals surface area contributed by atoms with Crippen molar-refractivity contribution in [3.63, 3.8) is 0 Å². The van der Waals surface area contributed by atoms with Crippen molar-refractivity contribution in [1.82, 2.24) is 0 Å². The number of carbonyl (C=O) groups is 2. The van der Waals surface area contributed by atoms with E-state index in [2.05, 4.69) is 0 Å². The Bertz CT molecular complexity index is 478. The smallest absolute Gasteiger partial charge is 0.308 e. The van der Waals surface area contributed by atoms with E-state index in [4.69, 9.17) is 52.1 Å². The summed E-state index contributed by atoms with van der Waals surface area (Å²) in [5.74, 6) is -0.507. The monoisotopic (exact) mass is 570 g/mol. The zero-order chi connectivity index (χ0) is 28.5. The maximum Gasteiger partial charge on any atom is 0.308 e. The number of hydrogen-bond donors (Lipinski definition) is 0. The van der Waals surface area contributed by atoms with Gasteiger partial charge in [-0.05, 0) is 13.8 Å². The van der Waals surface area contributed by atoms with E-state index in [1.54, 1.807) is 13.8 Å². The number of esters is 2. The first-order valence-corrected chi connectivity index (χ1v) is 13.7. The zero-order valence-electron chi connectivity index (χ0n) is 23.9. The van der Waals surface area contributed by atoms with Crippen molar-refractivity contribution in [3.05, 3.63) is 0 Å². The van der Waals surface area contributed by atoms with Crippen LogP contribution in [0.5, 0.6) is 0 Å². The van der Waals surface area contributed by atoms with Crippen molar-refractivity contribution in [2.24, 2.45) is 0 Å². The second-order valence-electron chi connectivity index (χ2n) is 7.62. The third kappa shape index (κ3) is 32.7. The Hall–Kier alpha value is -1.42. The molecule has 0 amide bonds. The van der Waals surface area contributed by atoms with Crippen LogP contribution in [0.3, 0.4) is 0 Å². The Morgan fingerprint density at radius 1 is 0.333 bits per heavy atom. The quantitative estimate of drug-likeness (QED) is 0.0842. The van der Waals surface area contributed by atoms with E-state index >= 15 is 0 Å². The standard InChI is InChI=1S/C26H50O13/c1-3-38-25(27)5-7-29-9-11-31-13-15-33-17-19-35-21-23-37-24-22-36-20-18-34-16-14-32-12-10-30-8-6-26(28)39-4-2/h3-24H2,1-2H3. The molecule has 0 aliphatic carbocycles. The first-order valence-electron chi connectivity index (χ1n) is 13.7. The van der Waals surface area contributed by atoms with Gasteiger partial charge in [0.2, 0.25) is 0 Å². The first-order chi connectivity index (χ1) is 19.2. The molecule has 0 aromatic rings. The van der Waals surface area contributed by atoms with Gasteiger partial charge in [0.1, 0.15) is 0 Å². The van der Waals surface area contributed by atoms with E-state index in [0.717, 1.165) is 0 Å². The molecule has 39 heavy (non-hydrogen) atoms. The normalized spacial score (nSPS) is 11.1. The van der Waals surface area contributed by atoms with Crippen LogP contribution in [0, 0.1) is 0 Å². The average molecular weight is 571 g/mol. The molecule has 0 aromatic heterocycles. The Labute approximate surface area is 232 Å². The summed E-state index contributed by atoms with van der Waals surface area (Å²) >= 11 is 0. The highest BCUT2D eigenvalue weighted by atomic mass is 16.6. The highest BCUT2D eigenvalue weighted by Gasteiger charge is 2.02. The predicted octanol–water partition coefficient (Wildman–Crippen LogP) is 1.04. The number of hydrogen-bond acceptors (Lipinski definition) is 13. The molecule has 0 aliphatic rings. The molecular formula is C26H50O13. The second-order valence-corrected chi connectivity index (χ2v) is 7.62. The minimum absolute atomic E-state index is 0.253. The molecule has 232 valence electrons. The summed E-state index contributed by atoms with van der Waals surface area (Å²) in [6, 6.07) is 0. The minimum atomic E-state index is -0.253. The third-order valence-corrected chi connectivity index (χ3v) is 4.49. The lowest BCUT2D eigenvalue weighted by atomic mass is 10.5. The number of carbonyl (C=O) groups excluding carboxylic acids is 2. The molecular weight excluding hydrogens is 520 g/mol. The molecule has 0 saturated carbocycles. The summed E-state index contributed by atoms with van der Waals surface area (Å²) < 4.78 is 58.1. The van der Waals surface area contributed by atoms with Gasteiger partial charge >= 0.3 is 11.9 Å². The molecule has 0 aliphatic heterocycles. The Kier molecular flexibility index (Phi) is 31.6.